The van der Waals surface area contributed by atoms with E-state index in [0.29, 0.717) is 30.6 Å². The number of hydrogen-bond acceptors (Lipinski definition) is 6. The summed E-state index contributed by atoms with van der Waals surface area (Å²) in [6, 6.07) is 1.80. The number of piperidine rings is 1. The van der Waals surface area contributed by atoms with Crippen molar-refractivity contribution >= 4 is 5.91 Å². The van der Waals surface area contributed by atoms with Crippen LogP contribution in [0.25, 0.3) is 0 Å². The molecule has 0 aromatic carbocycles. The first-order chi connectivity index (χ1) is 13.4. The van der Waals surface area contributed by atoms with Crippen molar-refractivity contribution in [3.05, 3.63) is 45.0 Å². The molecule has 28 heavy (non-hydrogen) atoms. The minimum atomic E-state index is -0.243. The van der Waals surface area contributed by atoms with Crippen LogP contribution in [0.3, 0.4) is 0 Å². The number of carbonyl (C=O) groups excluding carboxylic acids is 1. The van der Waals surface area contributed by atoms with E-state index in [1.165, 1.54) is 0 Å². The third-order valence-corrected chi connectivity index (χ3v) is 5.76. The molecule has 1 atom stereocenters. The van der Waals surface area contributed by atoms with Crippen molar-refractivity contribution in [3.63, 3.8) is 0 Å². The van der Waals surface area contributed by atoms with Gasteiger partial charge in [0.2, 0.25) is 5.76 Å². The molecule has 0 unspecified atom stereocenters. The molecule has 2 aromatic heterocycles. The second-order valence-corrected chi connectivity index (χ2v) is 8.03. The molecule has 150 valence electrons. The number of aromatic nitrogens is 3. The molecule has 0 bridgehead atoms. The zero-order valence-electron chi connectivity index (χ0n) is 16.7. The first-order valence-corrected chi connectivity index (χ1v) is 10.0. The van der Waals surface area contributed by atoms with Crippen LogP contribution in [0.2, 0.25) is 0 Å². The van der Waals surface area contributed by atoms with Gasteiger partial charge in [0.1, 0.15) is 5.82 Å². The molecule has 0 spiro atoms. The number of carbonyl (C=O) groups is 1. The highest BCUT2D eigenvalue weighted by Crippen LogP contribution is 2.31. The first-order valence-electron chi connectivity index (χ1n) is 10.0. The van der Waals surface area contributed by atoms with Gasteiger partial charge in [-0.25, -0.2) is 4.98 Å². The van der Waals surface area contributed by atoms with Crippen molar-refractivity contribution in [2.45, 2.75) is 65.1 Å². The lowest BCUT2D eigenvalue weighted by Crippen LogP contribution is -2.42. The molecule has 1 fully saturated rings. The second kappa shape index (κ2) is 7.50. The topological polar surface area (TPSA) is 95.3 Å². The van der Waals surface area contributed by atoms with Crippen molar-refractivity contribution in [1.29, 1.82) is 0 Å². The molecular formula is C20H27N5O3. The van der Waals surface area contributed by atoms with Gasteiger partial charge < -0.3 is 14.4 Å². The average Bonchev–Trinajstić information content (AvgIpc) is 3.13. The fourth-order valence-corrected chi connectivity index (χ4v) is 4.13. The molecule has 4 heterocycles. The summed E-state index contributed by atoms with van der Waals surface area (Å²) in [7, 11) is 0. The Morgan fingerprint density at radius 1 is 1.32 bits per heavy atom. The average molecular weight is 385 g/mol. The van der Waals surface area contributed by atoms with E-state index in [1.54, 1.807) is 17.9 Å². The Morgan fingerprint density at radius 2 is 2.14 bits per heavy atom. The quantitative estimate of drug-likeness (QED) is 0.870. The number of H-pyrrole nitrogens is 1. The maximum Gasteiger partial charge on any atom is 0.293 e. The van der Waals surface area contributed by atoms with Crippen LogP contribution < -0.4 is 5.56 Å². The highest BCUT2D eigenvalue weighted by atomic mass is 16.5. The van der Waals surface area contributed by atoms with Gasteiger partial charge in [0.25, 0.3) is 11.5 Å². The monoisotopic (exact) mass is 385 g/mol. The molecular weight excluding hydrogens is 358 g/mol. The smallest absolute Gasteiger partial charge is 0.293 e. The summed E-state index contributed by atoms with van der Waals surface area (Å²) in [4.78, 5) is 37.6. The highest BCUT2D eigenvalue weighted by molar-refractivity contribution is 5.91. The van der Waals surface area contributed by atoms with E-state index in [2.05, 4.69) is 28.9 Å². The molecule has 1 amide bonds. The fraction of sp³-hybridized carbons (Fsp3) is 0.600. The minimum absolute atomic E-state index is 0.0844. The Bertz CT molecular complexity index is 932. The summed E-state index contributed by atoms with van der Waals surface area (Å²) in [5.74, 6) is 0.625. The van der Waals surface area contributed by atoms with Gasteiger partial charge in [-0.3, -0.25) is 14.5 Å². The molecule has 1 N–H and O–H groups in total. The third-order valence-electron chi connectivity index (χ3n) is 5.76. The summed E-state index contributed by atoms with van der Waals surface area (Å²) in [5, 5.41) is 3.82. The summed E-state index contributed by atoms with van der Waals surface area (Å²) < 4.78 is 5.17. The van der Waals surface area contributed by atoms with E-state index < -0.39 is 0 Å². The van der Waals surface area contributed by atoms with E-state index >= 15 is 0 Å². The van der Waals surface area contributed by atoms with Crippen LogP contribution in [-0.4, -0.2) is 50.0 Å². The Kier molecular flexibility index (Phi) is 5.05. The van der Waals surface area contributed by atoms with Crippen LogP contribution in [0.4, 0.5) is 0 Å². The van der Waals surface area contributed by atoms with Gasteiger partial charge in [0, 0.05) is 38.2 Å². The molecule has 8 heteroatoms. The number of nitrogens with zero attached hydrogens (tertiary/aromatic N) is 4. The van der Waals surface area contributed by atoms with Crippen LogP contribution in [0.5, 0.6) is 0 Å². The molecule has 0 radical (unpaired) electrons. The summed E-state index contributed by atoms with van der Waals surface area (Å²) in [6.45, 7) is 8.20. The lowest BCUT2D eigenvalue weighted by atomic mass is 9.99. The number of aromatic amines is 1. The van der Waals surface area contributed by atoms with Crippen LogP contribution >= 0.6 is 0 Å². The minimum Gasteiger partial charge on any atom is -0.351 e. The number of hydrogen-bond donors (Lipinski definition) is 1. The largest absolute Gasteiger partial charge is 0.351 e. The van der Waals surface area contributed by atoms with E-state index in [0.717, 1.165) is 43.5 Å². The lowest BCUT2D eigenvalue weighted by Gasteiger charge is -2.35. The predicted molar refractivity (Wildman–Crippen MR) is 103 cm³/mol. The van der Waals surface area contributed by atoms with E-state index in [-0.39, 0.29) is 23.3 Å². The second-order valence-electron chi connectivity index (χ2n) is 8.03. The Hall–Kier alpha value is -2.48. The number of fused-ring (bicyclic) bond motifs is 1. The number of aryl methyl sites for hydroxylation is 1. The maximum absolute atomic E-state index is 13.0. The van der Waals surface area contributed by atoms with Crippen LogP contribution in [-0.2, 0) is 13.0 Å². The molecule has 2 aliphatic rings. The lowest BCUT2D eigenvalue weighted by molar-refractivity contribution is 0.0556. The van der Waals surface area contributed by atoms with Crippen LogP contribution in [0.1, 0.15) is 72.5 Å². The summed E-state index contributed by atoms with van der Waals surface area (Å²) in [6.07, 6.45) is 3.45. The van der Waals surface area contributed by atoms with E-state index in [1.807, 2.05) is 0 Å². The van der Waals surface area contributed by atoms with Crippen LogP contribution in [0, 0.1) is 6.92 Å². The van der Waals surface area contributed by atoms with Gasteiger partial charge in [0.15, 0.2) is 0 Å². The van der Waals surface area contributed by atoms with Crippen LogP contribution in [0.15, 0.2) is 15.4 Å². The highest BCUT2D eigenvalue weighted by Gasteiger charge is 2.33. The van der Waals surface area contributed by atoms with Crippen molar-refractivity contribution in [2.24, 2.45) is 0 Å². The number of rotatable bonds is 3. The van der Waals surface area contributed by atoms with Gasteiger partial charge in [-0.15, -0.1) is 0 Å². The van der Waals surface area contributed by atoms with Crippen molar-refractivity contribution < 1.29 is 9.32 Å². The summed E-state index contributed by atoms with van der Waals surface area (Å²) in [5.41, 5.74) is 2.21. The molecule has 4 rings (SSSR count). The van der Waals surface area contributed by atoms with Gasteiger partial charge in [-0.2, -0.15) is 0 Å². The van der Waals surface area contributed by atoms with Gasteiger partial charge >= 0.3 is 0 Å². The summed E-state index contributed by atoms with van der Waals surface area (Å²) >= 11 is 0. The molecule has 0 aliphatic carbocycles. The van der Waals surface area contributed by atoms with E-state index in [9.17, 15) is 9.59 Å². The van der Waals surface area contributed by atoms with Crippen molar-refractivity contribution in [3.8, 4) is 0 Å². The zero-order chi connectivity index (χ0) is 19.8. The van der Waals surface area contributed by atoms with Gasteiger partial charge in [0.05, 0.1) is 23.0 Å². The molecule has 1 saturated heterocycles. The zero-order valence-corrected chi connectivity index (χ0v) is 16.7. The number of nitrogens with one attached hydrogen (secondary N) is 1. The van der Waals surface area contributed by atoms with Crippen molar-refractivity contribution in [1.82, 2.24) is 24.9 Å². The Labute approximate surface area is 163 Å². The number of likely N-dealkylation sites (tertiary alicyclic amines) is 1. The standard InChI is InChI=1S/C20H27N5O3/c1-12(2)24-9-7-15-14(11-24)19(26)22-18(21-15)16-6-4-5-8-25(16)20(27)17-10-13(3)23-28-17/h10,12,16H,4-9,11H2,1-3H3,(H,21,22,26)/t16-/m0/s1. The normalized spacial score (nSPS) is 20.4. The molecule has 2 aromatic rings. The SMILES string of the molecule is Cc1cc(C(=O)N2CCCC[C@H]2c2nc3c(c(=O)[nH]2)CN(C(C)C)CC3)on1. The third kappa shape index (κ3) is 3.48. The fourth-order valence-electron chi connectivity index (χ4n) is 4.13. The Balaban J connectivity index is 1.64. The predicted octanol–water partition coefficient (Wildman–Crippen LogP) is 2.20. The Morgan fingerprint density at radius 3 is 2.86 bits per heavy atom. The molecule has 2 aliphatic heterocycles. The van der Waals surface area contributed by atoms with Crippen molar-refractivity contribution in [2.75, 3.05) is 13.1 Å². The van der Waals surface area contributed by atoms with E-state index in [4.69, 9.17) is 9.51 Å². The van der Waals surface area contributed by atoms with Gasteiger partial charge in [-0.05, 0) is 40.0 Å². The molecule has 8 nitrogen and oxygen atoms in total. The van der Waals surface area contributed by atoms with Gasteiger partial charge in [-0.1, -0.05) is 5.16 Å². The maximum atomic E-state index is 13.0. The molecule has 0 saturated carbocycles. The first kappa shape index (κ1) is 18.9. The number of amides is 1.